The molecule has 0 atom stereocenters. The van der Waals surface area contributed by atoms with Crippen LogP contribution in [0.5, 0.6) is 11.5 Å². The topological polar surface area (TPSA) is 96.0 Å². The van der Waals surface area contributed by atoms with E-state index in [1.165, 1.54) is 31.6 Å². The number of rotatable bonds is 6. The molecule has 3 rings (SSSR count). The highest BCUT2D eigenvalue weighted by Gasteiger charge is 2.24. The van der Waals surface area contributed by atoms with E-state index in [2.05, 4.69) is 27.5 Å². The lowest BCUT2D eigenvalue weighted by molar-refractivity contribution is -0.385. The minimum absolute atomic E-state index is 0.157. The number of hydrogen-bond donors (Lipinski definition) is 0. The maximum absolute atomic E-state index is 12.9. The fraction of sp³-hybridized carbons (Fsp3) is 0.158. The van der Waals surface area contributed by atoms with Crippen LogP contribution in [0.25, 0.3) is 10.2 Å². The Balaban J connectivity index is 2.22. The number of nitrogens with zero attached hydrogens (tertiary/aromatic N) is 3. The quantitative estimate of drug-likeness (QED) is 0.299. The molecule has 0 radical (unpaired) electrons. The molecule has 0 aliphatic carbocycles. The summed E-state index contributed by atoms with van der Waals surface area (Å²) in [5.74, 6) is -0.388. The van der Waals surface area contributed by atoms with Gasteiger partial charge in [-0.3, -0.25) is 14.9 Å². The van der Waals surface area contributed by atoms with Crippen molar-refractivity contribution in [1.82, 2.24) is 4.57 Å². The number of hydrogen-bond acceptors (Lipinski definition) is 6. The lowest BCUT2D eigenvalue weighted by Gasteiger charge is -2.08. The minimum Gasteiger partial charge on any atom is -0.493 e. The summed E-state index contributed by atoms with van der Waals surface area (Å²) in [6.07, 6.45) is 1.69. The number of ether oxygens (including phenoxy) is 2. The molecule has 1 aromatic heterocycles. The number of thiazole rings is 1. The molecule has 0 unspecified atom stereocenters. The number of nitro benzene ring substituents is 1. The molecule has 0 spiro atoms. The van der Waals surface area contributed by atoms with E-state index in [4.69, 9.17) is 9.47 Å². The predicted molar refractivity (Wildman–Crippen MR) is 114 cm³/mol. The zero-order chi connectivity index (χ0) is 21.1. The predicted octanol–water partition coefficient (Wildman–Crippen LogP) is 4.32. The van der Waals surface area contributed by atoms with Gasteiger partial charge in [-0.25, -0.2) is 0 Å². The van der Waals surface area contributed by atoms with Gasteiger partial charge in [-0.1, -0.05) is 33.3 Å². The van der Waals surface area contributed by atoms with Crippen molar-refractivity contribution in [2.45, 2.75) is 6.54 Å². The summed E-state index contributed by atoms with van der Waals surface area (Å²) < 4.78 is 13.9. The van der Waals surface area contributed by atoms with Gasteiger partial charge in [-0.2, -0.15) is 4.99 Å². The van der Waals surface area contributed by atoms with E-state index in [0.717, 1.165) is 20.8 Å². The zero-order valence-corrected chi connectivity index (χ0v) is 17.9. The van der Waals surface area contributed by atoms with Gasteiger partial charge in [0, 0.05) is 17.1 Å². The van der Waals surface area contributed by atoms with Gasteiger partial charge >= 0.3 is 0 Å². The van der Waals surface area contributed by atoms with Crippen molar-refractivity contribution >= 4 is 49.1 Å². The lowest BCUT2D eigenvalue weighted by atomic mass is 10.1. The SMILES string of the molecule is C=CCn1c(=NC(=O)c2cc(OC)c(OC)cc2[N+](=O)[O-])sc2cc(Br)ccc21. The third-order valence-electron chi connectivity index (χ3n) is 4.08. The molecule has 0 aliphatic heterocycles. The van der Waals surface area contributed by atoms with Crippen LogP contribution in [0.15, 0.2) is 52.5 Å². The van der Waals surface area contributed by atoms with Gasteiger partial charge in [0.25, 0.3) is 11.6 Å². The summed E-state index contributed by atoms with van der Waals surface area (Å²) in [5, 5.41) is 11.5. The van der Waals surface area contributed by atoms with E-state index >= 15 is 0 Å². The molecule has 29 heavy (non-hydrogen) atoms. The van der Waals surface area contributed by atoms with Crippen LogP contribution in [0.1, 0.15) is 10.4 Å². The maximum atomic E-state index is 12.9. The van der Waals surface area contributed by atoms with Crippen LogP contribution in [0.2, 0.25) is 0 Å². The molecule has 0 saturated carbocycles. The summed E-state index contributed by atoms with van der Waals surface area (Å²) >= 11 is 4.73. The molecular formula is C19H16BrN3O5S. The number of fused-ring (bicyclic) bond motifs is 1. The van der Waals surface area contributed by atoms with E-state index in [1.54, 1.807) is 6.08 Å². The normalized spacial score (nSPS) is 11.5. The van der Waals surface area contributed by atoms with E-state index in [-0.39, 0.29) is 17.1 Å². The number of carbonyl (C=O) groups is 1. The average Bonchev–Trinajstić information content (AvgIpc) is 3.02. The van der Waals surface area contributed by atoms with Crippen LogP contribution in [-0.2, 0) is 6.54 Å². The van der Waals surface area contributed by atoms with Gasteiger partial charge in [0.1, 0.15) is 5.56 Å². The number of nitro groups is 1. The molecule has 3 aromatic rings. The van der Waals surface area contributed by atoms with Gasteiger partial charge in [0.15, 0.2) is 16.3 Å². The minimum atomic E-state index is -0.749. The Bertz CT molecular complexity index is 1200. The lowest BCUT2D eigenvalue weighted by Crippen LogP contribution is -2.16. The molecule has 2 aromatic carbocycles. The average molecular weight is 478 g/mol. The Kier molecular flexibility index (Phi) is 6.14. The number of carbonyl (C=O) groups excluding carboxylic acids is 1. The van der Waals surface area contributed by atoms with Gasteiger partial charge in [-0.15, -0.1) is 6.58 Å². The largest absolute Gasteiger partial charge is 0.493 e. The number of halogens is 1. The first-order chi connectivity index (χ1) is 13.9. The highest BCUT2D eigenvalue weighted by Crippen LogP contribution is 2.34. The number of benzene rings is 2. The molecule has 8 nitrogen and oxygen atoms in total. The number of aromatic nitrogens is 1. The van der Waals surface area contributed by atoms with Crippen molar-refractivity contribution in [3.05, 3.63) is 67.9 Å². The Morgan fingerprint density at radius 3 is 2.62 bits per heavy atom. The molecule has 1 heterocycles. The van der Waals surface area contributed by atoms with Crippen LogP contribution in [-0.4, -0.2) is 29.6 Å². The van der Waals surface area contributed by atoms with Gasteiger partial charge in [0.05, 0.1) is 35.4 Å². The van der Waals surface area contributed by atoms with Crippen LogP contribution in [0.4, 0.5) is 5.69 Å². The molecule has 0 saturated heterocycles. The second kappa shape index (κ2) is 8.58. The Morgan fingerprint density at radius 1 is 1.31 bits per heavy atom. The second-order valence-electron chi connectivity index (χ2n) is 5.79. The molecule has 1 amide bonds. The molecule has 0 fully saturated rings. The van der Waals surface area contributed by atoms with E-state index in [1.807, 2.05) is 22.8 Å². The van der Waals surface area contributed by atoms with Gasteiger partial charge < -0.3 is 14.0 Å². The molecule has 0 bridgehead atoms. The maximum Gasteiger partial charge on any atom is 0.286 e. The van der Waals surface area contributed by atoms with Gasteiger partial charge in [-0.05, 0) is 18.2 Å². The monoisotopic (exact) mass is 477 g/mol. The van der Waals surface area contributed by atoms with Crippen LogP contribution in [0.3, 0.4) is 0 Å². The van der Waals surface area contributed by atoms with Crippen LogP contribution in [0, 0.1) is 10.1 Å². The summed E-state index contributed by atoms with van der Waals surface area (Å²) in [7, 11) is 2.75. The standard InChI is InChI=1S/C19H16BrN3O5S/c1-4-7-22-13-6-5-11(20)8-17(13)29-19(22)21-18(24)12-9-15(27-2)16(28-3)10-14(12)23(25)26/h4-6,8-10H,1,7H2,2-3H3. The fourth-order valence-electron chi connectivity index (χ4n) is 2.78. The molecule has 0 N–H and O–H groups in total. The third kappa shape index (κ3) is 4.08. The molecular weight excluding hydrogens is 462 g/mol. The van der Waals surface area contributed by atoms with E-state index in [9.17, 15) is 14.9 Å². The zero-order valence-electron chi connectivity index (χ0n) is 15.5. The Hall–Kier alpha value is -2.98. The third-order valence-corrected chi connectivity index (χ3v) is 5.62. The first-order valence-corrected chi connectivity index (χ1v) is 9.89. The second-order valence-corrected chi connectivity index (χ2v) is 7.72. The Morgan fingerprint density at radius 2 is 2.00 bits per heavy atom. The molecule has 0 aliphatic rings. The van der Waals surface area contributed by atoms with Gasteiger partial charge in [0.2, 0.25) is 0 Å². The summed E-state index contributed by atoms with van der Waals surface area (Å²) in [6, 6.07) is 8.13. The van der Waals surface area contributed by atoms with Crippen molar-refractivity contribution in [2.24, 2.45) is 4.99 Å². The summed E-state index contributed by atoms with van der Waals surface area (Å²) in [4.78, 5) is 28.3. The number of methoxy groups -OCH3 is 2. The van der Waals surface area contributed by atoms with E-state index < -0.39 is 16.5 Å². The van der Waals surface area contributed by atoms with Crippen LogP contribution < -0.4 is 14.3 Å². The number of amides is 1. The number of allylic oxidation sites excluding steroid dienone is 1. The van der Waals surface area contributed by atoms with Crippen molar-refractivity contribution in [2.75, 3.05) is 14.2 Å². The smallest absolute Gasteiger partial charge is 0.286 e. The molecule has 10 heteroatoms. The Labute approximate surface area is 178 Å². The van der Waals surface area contributed by atoms with Crippen molar-refractivity contribution in [3.8, 4) is 11.5 Å². The highest BCUT2D eigenvalue weighted by molar-refractivity contribution is 9.10. The van der Waals surface area contributed by atoms with Crippen molar-refractivity contribution in [1.29, 1.82) is 0 Å². The van der Waals surface area contributed by atoms with Crippen molar-refractivity contribution in [3.63, 3.8) is 0 Å². The highest BCUT2D eigenvalue weighted by atomic mass is 79.9. The first-order valence-electron chi connectivity index (χ1n) is 8.28. The summed E-state index contributed by atoms with van der Waals surface area (Å²) in [6.45, 7) is 4.18. The fourth-order valence-corrected chi connectivity index (χ4v) is 4.37. The summed E-state index contributed by atoms with van der Waals surface area (Å²) in [5.41, 5.74) is 0.290. The van der Waals surface area contributed by atoms with Crippen LogP contribution >= 0.6 is 27.3 Å². The molecule has 150 valence electrons. The van der Waals surface area contributed by atoms with Crippen molar-refractivity contribution < 1.29 is 19.2 Å². The first kappa shape index (κ1) is 20.7. The van der Waals surface area contributed by atoms with E-state index in [0.29, 0.717) is 11.3 Å².